The molecule has 0 aromatic heterocycles. The lowest BCUT2D eigenvalue weighted by molar-refractivity contribution is -0.337. The van der Waals surface area contributed by atoms with E-state index in [0.29, 0.717) is 0 Å². The third-order valence-corrected chi connectivity index (χ3v) is 4.17. The van der Waals surface area contributed by atoms with Gasteiger partial charge in [-0.15, -0.1) is 0 Å². The van der Waals surface area contributed by atoms with Crippen LogP contribution in [0.15, 0.2) is 0 Å². The molecule has 1 heterocycles. The summed E-state index contributed by atoms with van der Waals surface area (Å²) < 4.78 is 28.1. The van der Waals surface area contributed by atoms with Gasteiger partial charge < -0.3 is 28.8 Å². The van der Waals surface area contributed by atoms with Crippen molar-refractivity contribution < 1.29 is 28.8 Å². The van der Waals surface area contributed by atoms with Crippen molar-refractivity contribution in [1.29, 1.82) is 0 Å². The Morgan fingerprint density at radius 1 is 0.840 bits per heavy atom. The zero-order valence-electron chi connectivity index (χ0n) is 16.7. The van der Waals surface area contributed by atoms with E-state index in [9.17, 15) is 5.11 Å². The summed E-state index contributed by atoms with van der Waals surface area (Å²) >= 11 is 3.28. The minimum absolute atomic E-state index is 0.0327. The third kappa shape index (κ3) is 7.40. The molecule has 0 saturated carbocycles. The molecular weight excluding hydrogens is 392 g/mol. The first-order valence-corrected chi connectivity index (χ1v) is 9.90. The Labute approximate surface area is 160 Å². The average Bonchev–Trinajstić information content (AvgIpc) is 2.42. The monoisotopic (exact) mass is 426 g/mol. The third-order valence-electron chi connectivity index (χ3n) is 3.53. The quantitative estimate of drug-likeness (QED) is 0.570. The van der Waals surface area contributed by atoms with Gasteiger partial charge in [-0.3, -0.25) is 0 Å². The molecule has 6 nitrogen and oxygen atoms in total. The zero-order chi connectivity index (χ0) is 19.4. The van der Waals surface area contributed by atoms with Crippen LogP contribution < -0.4 is 0 Å². The zero-order valence-corrected chi connectivity index (χ0v) is 18.3. The number of hydrogen-bond acceptors (Lipinski definition) is 6. The van der Waals surface area contributed by atoms with E-state index in [-0.39, 0.29) is 31.0 Å². The van der Waals surface area contributed by atoms with Gasteiger partial charge in [0.2, 0.25) is 0 Å². The Hall–Kier alpha value is 0.240. The fourth-order valence-corrected chi connectivity index (χ4v) is 3.35. The van der Waals surface area contributed by atoms with Gasteiger partial charge in [0.05, 0.1) is 31.0 Å². The molecule has 0 unspecified atom stereocenters. The van der Waals surface area contributed by atoms with Crippen molar-refractivity contribution in [3.63, 3.8) is 0 Å². The second-order valence-corrected chi connectivity index (χ2v) is 8.69. The highest BCUT2D eigenvalue weighted by Gasteiger charge is 2.56. The van der Waals surface area contributed by atoms with Crippen molar-refractivity contribution in [2.45, 2.75) is 109 Å². The molecule has 150 valence electrons. The molecule has 1 saturated heterocycles. The Balaban J connectivity index is 3.15. The first kappa shape index (κ1) is 23.3. The first-order valence-electron chi connectivity index (χ1n) is 9.11. The van der Waals surface area contributed by atoms with E-state index in [0.717, 1.165) is 0 Å². The van der Waals surface area contributed by atoms with E-state index in [1.54, 1.807) is 0 Å². The normalized spacial score (nSPS) is 33.8. The molecule has 1 aliphatic heterocycles. The molecule has 0 radical (unpaired) electrons. The summed E-state index contributed by atoms with van der Waals surface area (Å²) in [4.78, 5) is 0. The van der Waals surface area contributed by atoms with Gasteiger partial charge >= 0.3 is 0 Å². The van der Waals surface area contributed by atoms with Crippen molar-refractivity contribution in [3.8, 4) is 0 Å². The summed E-state index contributed by atoms with van der Waals surface area (Å²) in [6.07, 6.45) is -2.34. The second kappa shape index (κ2) is 9.97. The molecule has 0 spiro atoms. The van der Waals surface area contributed by atoms with Crippen molar-refractivity contribution in [2.24, 2.45) is 0 Å². The molecule has 1 aliphatic rings. The van der Waals surface area contributed by atoms with E-state index in [4.69, 9.17) is 23.7 Å². The minimum Gasteiger partial charge on any atom is -0.376 e. The maximum Gasteiger partial charge on any atom is 0.254 e. The van der Waals surface area contributed by atoms with Crippen LogP contribution in [0.3, 0.4) is 0 Å². The number of aliphatic hydroxyl groups is 1. The molecule has 1 rings (SSSR count). The molecule has 0 aliphatic carbocycles. The summed E-state index contributed by atoms with van der Waals surface area (Å²) in [6.45, 7) is 15.8. The molecule has 1 N–H and O–H groups in total. The van der Waals surface area contributed by atoms with Crippen LogP contribution in [0.25, 0.3) is 0 Å². The SMILES string of the molecule is CC(C)OC[C@H]1O[C@@](O)(Br)[C@H](OC(C)C)[C@@H](OC(C)C)[C@@H]1OC(C)C. The summed E-state index contributed by atoms with van der Waals surface area (Å²) in [7, 11) is 0. The van der Waals surface area contributed by atoms with E-state index in [2.05, 4.69) is 15.9 Å². The Kier molecular flexibility index (Phi) is 9.28. The van der Waals surface area contributed by atoms with Gasteiger partial charge in [-0.25, -0.2) is 0 Å². The largest absolute Gasteiger partial charge is 0.376 e. The summed E-state index contributed by atoms with van der Waals surface area (Å²) in [6, 6.07) is 0. The number of rotatable bonds is 9. The predicted molar refractivity (Wildman–Crippen MR) is 99.9 cm³/mol. The maximum atomic E-state index is 10.8. The Bertz CT molecular complexity index is 386. The van der Waals surface area contributed by atoms with Gasteiger partial charge in [0.1, 0.15) is 18.3 Å². The highest BCUT2D eigenvalue weighted by atomic mass is 79.9. The lowest BCUT2D eigenvalue weighted by atomic mass is 9.97. The van der Waals surface area contributed by atoms with Gasteiger partial charge in [0, 0.05) is 0 Å². The number of alkyl halides is 1. The van der Waals surface area contributed by atoms with E-state index < -0.39 is 29.1 Å². The fraction of sp³-hybridized carbons (Fsp3) is 1.00. The fourth-order valence-electron chi connectivity index (χ4n) is 2.75. The summed E-state index contributed by atoms with van der Waals surface area (Å²) in [5.74, 6) is 0. The highest BCUT2D eigenvalue weighted by molar-refractivity contribution is 9.10. The minimum atomic E-state index is -1.68. The smallest absolute Gasteiger partial charge is 0.254 e. The molecular formula is C18H35BrO6. The number of ether oxygens (including phenoxy) is 5. The van der Waals surface area contributed by atoms with E-state index in [1.807, 2.05) is 55.4 Å². The molecule has 7 heteroatoms. The Morgan fingerprint density at radius 2 is 1.32 bits per heavy atom. The second-order valence-electron chi connectivity index (χ2n) is 7.55. The Morgan fingerprint density at radius 3 is 1.76 bits per heavy atom. The molecule has 0 bridgehead atoms. The van der Waals surface area contributed by atoms with Crippen molar-refractivity contribution in [3.05, 3.63) is 0 Å². The summed E-state index contributed by atoms with van der Waals surface area (Å²) in [5, 5.41) is 10.8. The van der Waals surface area contributed by atoms with Gasteiger partial charge in [-0.05, 0) is 71.3 Å². The van der Waals surface area contributed by atoms with Crippen LogP contribution in [0.4, 0.5) is 0 Å². The molecule has 0 amide bonds. The molecule has 5 atom stereocenters. The van der Waals surface area contributed by atoms with Crippen LogP contribution in [0.1, 0.15) is 55.4 Å². The van der Waals surface area contributed by atoms with Crippen molar-refractivity contribution in [2.75, 3.05) is 6.61 Å². The van der Waals surface area contributed by atoms with Crippen LogP contribution in [0.2, 0.25) is 0 Å². The standard InChI is InChI=1S/C18H35BrO6/c1-10(2)21-9-14-15(22-11(3)4)16(23-12(5)6)17(24-13(7)8)18(19,20)25-14/h10-17,20H,9H2,1-8H3/t14-,15-,16+,17-,18-/m1/s1. The van der Waals surface area contributed by atoms with Crippen LogP contribution >= 0.6 is 15.9 Å². The molecule has 0 aromatic carbocycles. The summed E-state index contributed by atoms with van der Waals surface area (Å²) in [5.41, 5.74) is 0. The van der Waals surface area contributed by atoms with Gasteiger partial charge in [-0.1, -0.05) is 0 Å². The molecule has 1 fully saturated rings. The van der Waals surface area contributed by atoms with Crippen LogP contribution in [-0.2, 0) is 23.7 Å². The van der Waals surface area contributed by atoms with Gasteiger partial charge in [0.15, 0.2) is 6.10 Å². The van der Waals surface area contributed by atoms with Crippen LogP contribution in [0, 0.1) is 0 Å². The lowest BCUT2D eigenvalue weighted by Crippen LogP contribution is -2.66. The van der Waals surface area contributed by atoms with Crippen LogP contribution in [-0.4, -0.2) is 65.2 Å². The molecule has 0 aromatic rings. The topological polar surface area (TPSA) is 66.4 Å². The van der Waals surface area contributed by atoms with E-state index in [1.165, 1.54) is 0 Å². The van der Waals surface area contributed by atoms with Gasteiger partial charge in [0.25, 0.3) is 4.70 Å². The van der Waals surface area contributed by atoms with Crippen LogP contribution in [0.5, 0.6) is 0 Å². The average molecular weight is 427 g/mol. The molecule has 25 heavy (non-hydrogen) atoms. The van der Waals surface area contributed by atoms with Gasteiger partial charge in [-0.2, -0.15) is 0 Å². The van der Waals surface area contributed by atoms with Crippen molar-refractivity contribution in [1.82, 2.24) is 0 Å². The number of halogens is 1. The first-order chi connectivity index (χ1) is 11.4. The predicted octanol–water partition coefficient (Wildman–Crippen LogP) is 3.23. The lowest BCUT2D eigenvalue weighted by Gasteiger charge is -2.49. The highest BCUT2D eigenvalue weighted by Crippen LogP contribution is 2.39. The van der Waals surface area contributed by atoms with Crippen molar-refractivity contribution >= 4 is 15.9 Å². The number of hydrogen-bond donors (Lipinski definition) is 1. The maximum absolute atomic E-state index is 10.8. The van der Waals surface area contributed by atoms with E-state index >= 15 is 0 Å².